The van der Waals surface area contributed by atoms with Gasteiger partial charge in [0.05, 0.1) is 22.8 Å². The van der Waals surface area contributed by atoms with Crippen LogP contribution in [-0.2, 0) is 4.79 Å². The standard InChI is InChI=1S/C25H25ClFN3O2S/c1-16-17(2)33-25(23(16)24(32)18-7-3-4-8-19(18)26)28-22(31)15-29-11-13-30(14-12-29)21-10-6-5-9-20(21)27/h3-10H,11-15H2,1-2H3,(H,28,31). The van der Waals surface area contributed by atoms with Crippen LogP contribution in [0.25, 0.3) is 0 Å². The molecule has 0 unspecified atom stereocenters. The van der Waals surface area contributed by atoms with Crippen molar-refractivity contribution in [2.45, 2.75) is 13.8 Å². The predicted molar refractivity (Wildman–Crippen MR) is 132 cm³/mol. The van der Waals surface area contributed by atoms with Crippen molar-refractivity contribution in [2.75, 3.05) is 42.9 Å². The molecule has 4 rings (SSSR count). The number of hydrogen-bond donors (Lipinski definition) is 1. The molecule has 1 aliphatic rings. The van der Waals surface area contributed by atoms with Gasteiger partial charge in [0.15, 0.2) is 5.78 Å². The molecular weight excluding hydrogens is 461 g/mol. The van der Waals surface area contributed by atoms with E-state index in [1.54, 1.807) is 36.4 Å². The molecule has 0 aliphatic carbocycles. The van der Waals surface area contributed by atoms with Gasteiger partial charge in [-0.3, -0.25) is 14.5 Å². The molecule has 1 N–H and O–H groups in total. The number of rotatable bonds is 6. The summed E-state index contributed by atoms with van der Waals surface area (Å²) in [5.41, 5.74) is 2.34. The minimum atomic E-state index is -0.233. The lowest BCUT2D eigenvalue weighted by Gasteiger charge is -2.35. The van der Waals surface area contributed by atoms with Gasteiger partial charge in [0.2, 0.25) is 5.91 Å². The van der Waals surface area contributed by atoms with E-state index in [0.717, 1.165) is 10.4 Å². The monoisotopic (exact) mass is 485 g/mol. The zero-order valence-corrected chi connectivity index (χ0v) is 20.1. The maximum atomic E-state index is 14.1. The Labute approximate surface area is 201 Å². The van der Waals surface area contributed by atoms with Gasteiger partial charge in [-0.25, -0.2) is 4.39 Å². The van der Waals surface area contributed by atoms with Crippen LogP contribution in [0.2, 0.25) is 5.02 Å². The third-order valence-electron chi connectivity index (χ3n) is 5.92. The third-order valence-corrected chi connectivity index (χ3v) is 7.37. The first-order valence-electron chi connectivity index (χ1n) is 10.8. The van der Waals surface area contributed by atoms with Gasteiger partial charge in [0.25, 0.3) is 0 Å². The number of thiophene rings is 1. The molecule has 1 fully saturated rings. The predicted octanol–water partition coefficient (Wildman–Crippen LogP) is 5.15. The maximum Gasteiger partial charge on any atom is 0.239 e. The summed E-state index contributed by atoms with van der Waals surface area (Å²) in [7, 11) is 0. The molecule has 8 heteroatoms. The third kappa shape index (κ3) is 5.11. The topological polar surface area (TPSA) is 52.7 Å². The minimum Gasteiger partial charge on any atom is -0.367 e. The molecule has 0 saturated carbocycles. The molecule has 5 nitrogen and oxygen atoms in total. The van der Waals surface area contributed by atoms with E-state index in [4.69, 9.17) is 11.6 Å². The van der Waals surface area contributed by atoms with Crippen molar-refractivity contribution in [2.24, 2.45) is 0 Å². The summed E-state index contributed by atoms with van der Waals surface area (Å²) in [6.45, 7) is 6.60. The number of nitrogens with zero attached hydrogens (tertiary/aromatic N) is 2. The minimum absolute atomic E-state index is 0.177. The quantitative estimate of drug-likeness (QED) is 0.491. The van der Waals surface area contributed by atoms with Crippen LogP contribution in [0.4, 0.5) is 15.1 Å². The normalized spacial score (nSPS) is 14.4. The highest BCUT2D eigenvalue weighted by Gasteiger charge is 2.25. The van der Waals surface area contributed by atoms with Gasteiger partial charge in [0.1, 0.15) is 10.8 Å². The van der Waals surface area contributed by atoms with Crippen LogP contribution >= 0.6 is 22.9 Å². The number of aryl methyl sites for hydroxylation is 1. The summed E-state index contributed by atoms with van der Waals surface area (Å²) < 4.78 is 14.1. The van der Waals surface area contributed by atoms with E-state index in [-0.39, 0.29) is 24.1 Å². The van der Waals surface area contributed by atoms with Crippen molar-refractivity contribution in [3.8, 4) is 0 Å². The number of anilines is 2. The average Bonchev–Trinajstić information content (AvgIpc) is 3.07. The van der Waals surface area contributed by atoms with E-state index in [2.05, 4.69) is 5.32 Å². The second kappa shape index (κ2) is 10.0. The molecule has 2 aromatic carbocycles. The Bertz CT molecular complexity index is 1190. The molecule has 2 heterocycles. The number of amides is 1. The van der Waals surface area contributed by atoms with Gasteiger partial charge in [-0.2, -0.15) is 0 Å². The van der Waals surface area contributed by atoms with Crippen molar-refractivity contribution >= 4 is 45.3 Å². The zero-order chi connectivity index (χ0) is 23.5. The second-order valence-electron chi connectivity index (χ2n) is 8.06. The lowest BCUT2D eigenvalue weighted by molar-refractivity contribution is -0.117. The molecule has 1 aromatic heterocycles. The van der Waals surface area contributed by atoms with E-state index >= 15 is 0 Å². The Morgan fingerprint density at radius 1 is 1.03 bits per heavy atom. The van der Waals surface area contributed by atoms with Gasteiger partial charge >= 0.3 is 0 Å². The summed E-state index contributed by atoms with van der Waals surface area (Å²) in [6.07, 6.45) is 0. The van der Waals surface area contributed by atoms with E-state index in [1.165, 1.54) is 17.4 Å². The fraction of sp³-hybridized carbons (Fsp3) is 0.280. The fourth-order valence-corrected chi connectivity index (χ4v) is 5.29. The zero-order valence-electron chi connectivity index (χ0n) is 18.5. The molecule has 1 saturated heterocycles. The number of carbonyl (C=O) groups excluding carboxylic acids is 2. The van der Waals surface area contributed by atoms with Crippen LogP contribution < -0.4 is 10.2 Å². The van der Waals surface area contributed by atoms with Gasteiger partial charge < -0.3 is 10.2 Å². The lowest BCUT2D eigenvalue weighted by atomic mass is 10.0. The number of carbonyl (C=O) groups is 2. The summed E-state index contributed by atoms with van der Waals surface area (Å²) in [5, 5.41) is 3.87. The number of nitrogens with one attached hydrogen (secondary N) is 1. The van der Waals surface area contributed by atoms with E-state index in [1.807, 2.05) is 29.7 Å². The van der Waals surface area contributed by atoms with Gasteiger partial charge in [-0.1, -0.05) is 35.9 Å². The first-order valence-corrected chi connectivity index (χ1v) is 12.0. The Morgan fingerprint density at radius 2 is 1.70 bits per heavy atom. The van der Waals surface area contributed by atoms with Crippen molar-refractivity contribution in [1.82, 2.24) is 4.90 Å². The van der Waals surface area contributed by atoms with Crippen LogP contribution in [-0.4, -0.2) is 49.3 Å². The van der Waals surface area contributed by atoms with Gasteiger partial charge in [-0.15, -0.1) is 11.3 Å². The van der Waals surface area contributed by atoms with Crippen molar-refractivity contribution < 1.29 is 14.0 Å². The van der Waals surface area contributed by atoms with Gasteiger partial charge in [-0.05, 0) is 43.7 Å². The van der Waals surface area contributed by atoms with Crippen LogP contribution in [0.1, 0.15) is 26.4 Å². The van der Waals surface area contributed by atoms with Crippen LogP contribution in [0.5, 0.6) is 0 Å². The number of ketones is 1. The Morgan fingerprint density at radius 3 is 2.39 bits per heavy atom. The smallest absolute Gasteiger partial charge is 0.239 e. The highest BCUT2D eigenvalue weighted by Crippen LogP contribution is 2.35. The number of benzene rings is 2. The summed E-state index contributed by atoms with van der Waals surface area (Å²) in [5.74, 6) is -0.608. The van der Waals surface area contributed by atoms with E-state index in [9.17, 15) is 14.0 Å². The van der Waals surface area contributed by atoms with Gasteiger partial charge in [0, 0.05) is 36.6 Å². The second-order valence-corrected chi connectivity index (χ2v) is 9.69. The summed E-state index contributed by atoms with van der Waals surface area (Å²) in [6, 6.07) is 13.7. The molecule has 172 valence electrons. The summed E-state index contributed by atoms with van der Waals surface area (Å²) in [4.78, 5) is 31.0. The van der Waals surface area contributed by atoms with Crippen molar-refractivity contribution in [3.63, 3.8) is 0 Å². The molecule has 0 spiro atoms. The molecular formula is C25H25ClFN3O2S. The fourth-order valence-electron chi connectivity index (χ4n) is 3.99. The van der Waals surface area contributed by atoms with E-state index < -0.39 is 0 Å². The Balaban J connectivity index is 1.42. The van der Waals surface area contributed by atoms with Crippen molar-refractivity contribution in [3.05, 3.63) is 80.9 Å². The highest BCUT2D eigenvalue weighted by atomic mass is 35.5. The number of piperazine rings is 1. The number of halogens is 2. The molecule has 1 aliphatic heterocycles. The number of para-hydroxylation sites is 1. The molecule has 0 atom stereocenters. The maximum absolute atomic E-state index is 14.1. The van der Waals surface area contributed by atoms with Crippen molar-refractivity contribution in [1.29, 1.82) is 0 Å². The number of hydrogen-bond acceptors (Lipinski definition) is 5. The first kappa shape index (κ1) is 23.4. The van der Waals surface area contributed by atoms with Crippen LogP contribution in [0.15, 0.2) is 48.5 Å². The molecule has 0 bridgehead atoms. The lowest BCUT2D eigenvalue weighted by Crippen LogP contribution is -2.48. The molecule has 1 amide bonds. The Hall–Kier alpha value is -2.74. The Kier molecular flexibility index (Phi) is 7.12. The average molecular weight is 486 g/mol. The molecule has 0 radical (unpaired) electrons. The largest absolute Gasteiger partial charge is 0.367 e. The molecule has 33 heavy (non-hydrogen) atoms. The SMILES string of the molecule is Cc1sc(NC(=O)CN2CCN(c3ccccc3F)CC2)c(C(=O)c2ccccc2Cl)c1C. The highest BCUT2D eigenvalue weighted by molar-refractivity contribution is 7.16. The summed E-state index contributed by atoms with van der Waals surface area (Å²) >= 11 is 7.64. The van der Waals surface area contributed by atoms with Crippen LogP contribution in [0, 0.1) is 19.7 Å². The first-order chi connectivity index (χ1) is 15.8. The molecule has 3 aromatic rings. The van der Waals surface area contributed by atoms with Crippen LogP contribution in [0.3, 0.4) is 0 Å². The van der Waals surface area contributed by atoms with E-state index in [0.29, 0.717) is 53.0 Å².